The highest BCUT2D eigenvalue weighted by Gasteiger charge is 2.19. The molecule has 0 aromatic heterocycles. The summed E-state index contributed by atoms with van der Waals surface area (Å²) in [6.07, 6.45) is 97.0. The average Bonchev–Trinajstić information content (AvgIpc) is 3.45. The highest BCUT2D eigenvalue weighted by Crippen LogP contribution is 2.15. The molecule has 0 rings (SSSR count). The molecule has 0 aliphatic heterocycles. The Morgan fingerprint density at radius 3 is 0.785 bits per heavy atom. The molecular formula is C73H114O6. The summed E-state index contributed by atoms with van der Waals surface area (Å²) < 4.78 is 16.7. The Morgan fingerprint density at radius 2 is 0.481 bits per heavy atom. The van der Waals surface area contributed by atoms with Gasteiger partial charge in [0, 0.05) is 19.3 Å². The Morgan fingerprint density at radius 1 is 0.253 bits per heavy atom. The maximum absolute atomic E-state index is 12.8. The van der Waals surface area contributed by atoms with Crippen molar-refractivity contribution in [1.82, 2.24) is 0 Å². The van der Waals surface area contributed by atoms with Crippen molar-refractivity contribution in [1.29, 1.82) is 0 Å². The third kappa shape index (κ3) is 63.5. The number of hydrogen-bond acceptors (Lipinski definition) is 6. The van der Waals surface area contributed by atoms with Crippen molar-refractivity contribution in [3.8, 4) is 0 Å². The first-order chi connectivity index (χ1) is 39.0. The van der Waals surface area contributed by atoms with Crippen molar-refractivity contribution in [2.45, 2.75) is 258 Å². The zero-order chi connectivity index (χ0) is 57.1. The number of esters is 3. The van der Waals surface area contributed by atoms with E-state index < -0.39 is 12.1 Å². The van der Waals surface area contributed by atoms with Crippen LogP contribution in [-0.2, 0) is 28.6 Å². The lowest BCUT2D eigenvalue weighted by Crippen LogP contribution is -2.30. The van der Waals surface area contributed by atoms with E-state index in [1.54, 1.807) is 0 Å². The summed E-state index contributed by atoms with van der Waals surface area (Å²) >= 11 is 0. The number of carbonyl (C=O) groups excluding carboxylic acids is 3. The van der Waals surface area contributed by atoms with E-state index in [1.807, 2.05) is 24.3 Å². The number of unbranched alkanes of at least 4 members (excludes halogenated alkanes) is 16. The van der Waals surface area contributed by atoms with E-state index in [4.69, 9.17) is 14.2 Å². The van der Waals surface area contributed by atoms with Gasteiger partial charge in [-0.25, -0.2) is 0 Å². The van der Waals surface area contributed by atoms with E-state index in [0.717, 1.165) is 109 Å². The summed E-state index contributed by atoms with van der Waals surface area (Å²) in [7, 11) is 0. The predicted octanol–water partition coefficient (Wildman–Crippen LogP) is 21.9. The second-order valence-electron chi connectivity index (χ2n) is 20.2. The molecule has 79 heavy (non-hydrogen) atoms. The third-order valence-electron chi connectivity index (χ3n) is 12.7. The van der Waals surface area contributed by atoms with Gasteiger partial charge in [0.05, 0.1) is 0 Å². The summed E-state index contributed by atoms with van der Waals surface area (Å²) in [5.41, 5.74) is 0. The molecule has 0 aliphatic rings. The Balaban J connectivity index is 4.21. The monoisotopic (exact) mass is 1090 g/mol. The number of hydrogen-bond donors (Lipinski definition) is 0. The van der Waals surface area contributed by atoms with Gasteiger partial charge >= 0.3 is 17.9 Å². The molecule has 0 radical (unpaired) electrons. The maximum Gasteiger partial charge on any atom is 0.306 e. The summed E-state index contributed by atoms with van der Waals surface area (Å²) in [5, 5.41) is 0. The van der Waals surface area contributed by atoms with Crippen LogP contribution < -0.4 is 0 Å². The van der Waals surface area contributed by atoms with Gasteiger partial charge in [0.15, 0.2) is 6.10 Å². The Labute approximate surface area is 485 Å². The van der Waals surface area contributed by atoms with Crippen LogP contribution in [0.4, 0.5) is 0 Å². The van der Waals surface area contributed by atoms with Gasteiger partial charge in [-0.1, -0.05) is 281 Å². The van der Waals surface area contributed by atoms with Crippen LogP contribution in [0.25, 0.3) is 0 Å². The maximum atomic E-state index is 12.8. The van der Waals surface area contributed by atoms with Gasteiger partial charge in [-0.05, 0) is 122 Å². The van der Waals surface area contributed by atoms with Crippen molar-refractivity contribution in [2.24, 2.45) is 0 Å². The van der Waals surface area contributed by atoms with Gasteiger partial charge in [-0.15, -0.1) is 0 Å². The van der Waals surface area contributed by atoms with Crippen molar-refractivity contribution < 1.29 is 28.6 Å². The van der Waals surface area contributed by atoms with Gasteiger partial charge in [-0.2, -0.15) is 0 Å². The Hall–Kier alpha value is -5.23. The number of rotatable bonds is 55. The van der Waals surface area contributed by atoms with Crippen molar-refractivity contribution >= 4 is 17.9 Å². The fourth-order valence-electron chi connectivity index (χ4n) is 8.12. The summed E-state index contributed by atoms with van der Waals surface area (Å²) in [5.74, 6) is -1.11. The second kappa shape index (κ2) is 65.3. The molecule has 0 N–H and O–H groups in total. The van der Waals surface area contributed by atoms with E-state index in [-0.39, 0.29) is 38.0 Å². The highest BCUT2D eigenvalue weighted by molar-refractivity contribution is 5.71. The van der Waals surface area contributed by atoms with Crippen LogP contribution >= 0.6 is 0 Å². The van der Waals surface area contributed by atoms with Crippen LogP contribution in [0.15, 0.2) is 170 Å². The quantitative estimate of drug-likeness (QED) is 0.0261. The molecule has 6 nitrogen and oxygen atoms in total. The van der Waals surface area contributed by atoms with Crippen LogP contribution in [0.1, 0.15) is 252 Å². The molecule has 0 spiro atoms. The van der Waals surface area contributed by atoms with Gasteiger partial charge in [0.1, 0.15) is 13.2 Å². The van der Waals surface area contributed by atoms with Crippen LogP contribution in [0.5, 0.6) is 0 Å². The molecule has 0 heterocycles. The zero-order valence-electron chi connectivity index (χ0n) is 50.6. The van der Waals surface area contributed by atoms with Crippen molar-refractivity contribution in [2.75, 3.05) is 13.2 Å². The first-order valence-corrected chi connectivity index (χ1v) is 31.6. The molecule has 0 aliphatic carbocycles. The van der Waals surface area contributed by atoms with E-state index >= 15 is 0 Å². The minimum atomic E-state index is -0.851. The standard InChI is InChI=1S/C73H114O6/c1-4-7-10-13-16-19-22-25-26-27-28-29-30-31-32-33-34-35-36-37-38-39-40-41-42-43-44-45-46-49-51-54-57-60-63-66-72(75)78-69-70(79-73(76)67-64-61-58-55-52-48-24-21-18-15-12-9-6-3)68-77-71(74)65-62-59-56-53-50-47-23-20-17-14-11-8-5-2/h7-12,16-21,25-26,28-29,31-32,34-35,47-48,50,52,56,58-59,61,70H,4-6,13-15,22-24,27,30,33,36-46,49,51,53-55,57,60,62-69H2,1-3H3/b10-7-,11-8-,12-9-,19-16-,20-17-,21-18-,26-25-,29-28-,32-31-,35-34-,50-47-,52-48-,59-56-,61-58-. The predicted molar refractivity (Wildman–Crippen MR) is 343 cm³/mol. The first kappa shape index (κ1) is 73.8. The van der Waals surface area contributed by atoms with Crippen molar-refractivity contribution in [3.05, 3.63) is 170 Å². The van der Waals surface area contributed by atoms with E-state index in [9.17, 15) is 14.4 Å². The summed E-state index contributed by atoms with van der Waals surface area (Å²) in [6, 6.07) is 0. The third-order valence-corrected chi connectivity index (χ3v) is 12.7. The highest BCUT2D eigenvalue weighted by atomic mass is 16.6. The van der Waals surface area contributed by atoms with Gasteiger partial charge in [0.25, 0.3) is 0 Å². The minimum absolute atomic E-state index is 0.134. The molecular weight excluding hydrogens is 973 g/mol. The van der Waals surface area contributed by atoms with Crippen LogP contribution in [-0.4, -0.2) is 37.2 Å². The topological polar surface area (TPSA) is 78.9 Å². The normalized spacial score (nSPS) is 13.3. The fourth-order valence-corrected chi connectivity index (χ4v) is 8.12. The Kier molecular flexibility index (Phi) is 61.0. The molecule has 6 heteroatoms. The average molecular weight is 1090 g/mol. The first-order valence-electron chi connectivity index (χ1n) is 31.6. The largest absolute Gasteiger partial charge is 0.462 e. The van der Waals surface area contributed by atoms with Crippen LogP contribution in [0.2, 0.25) is 0 Å². The molecule has 0 aromatic rings. The van der Waals surface area contributed by atoms with Crippen molar-refractivity contribution in [3.63, 3.8) is 0 Å². The van der Waals surface area contributed by atoms with Gasteiger partial charge < -0.3 is 14.2 Å². The molecule has 0 fully saturated rings. The van der Waals surface area contributed by atoms with Crippen LogP contribution in [0, 0.1) is 0 Å². The fraction of sp³-hybridized carbons (Fsp3) is 0.575. The van der Waals surface area contributed by atoms with E-state index in [0.29, 0.717) is 19.3 Å². The smallest absolute Gasteiger partial charge is 0.306 e. The SMILES string of the molecule is CC/C=C\C/C=C\C/C=C\C/C=C\C/C=C\C/C=C\CCCCCCCCCCCCCCCCCCC(=O)OCC(COC(=O)CC/C=C\C/C=C\C/C=C\C/C=C\CC)OC(=O)CC/C=C\C/C=C\C/C=C\C/C=C\CC. The molecule has 0 bridgehead atoms. The Bertz CT molecular complexity index is 1820. The molecule has 0 saturated heterocycles. The van der Waals surface area contributed by atoms with Gasteiger partial charge in [-0.3, -0.25) is 14.4 Å². The van der Waals surface area contributed by atoms with E-state index in [2.05, 4.69) is 167 Å². The lowest BCUT2D eigenvalue weighted by molar-refractivity contribution is -0.166. The molecule has 0 saturated carbocycles. The summed E-state index contributed by atoms with van der Waals surface area (Å²) in [6.45, 7) is 6.15. The molecule has 1 atom stereocenters. The molecule has 1 unspecified atom stereocenters. The lowest BCUT2D eigenvalue weighted by atomic mass is 10.0. The number of carbonyl (C=O) groups is 3. The number of ether oxygens (including phenoxy) is 3. The van der Waals surface area contributed by atoms with E-state index in [1.165, 1.54) is 89.9 Å². The minimum Gasteiger partial charge on any atom is -0.462 e. The van der Waals surface area contributed by atoms with Crippen LogP contribution in [0.3, 0.4) is 0 Å². The second-order valence-corrected chi connectivity index (χ2v) is 20.2. The molecule has 0 aromatic carbocycles. The summed E-state index contributed by atoms with van der Waals surface area (Å²) in [4.78, 5) is 38.1. The molecule has 442 valence electrons. The number of allylic oxidation sites excluding steroid dienone is 28. The van der Waals surface area contributed by atoms with Gasteiger partial charge in [0.2, 0.25) is 0 Å². The lowest BCUT2D eigenvalue weighted by Gasteiger charge is -2.18. The zero-order valence-corrected chi connectivity index (χ0v) is 50.6. The molecule has 0 amide bonds.